The third-order valence-electron chi connectivity index (χ3n) is 2.41. The van der Waals surface area contributed by atoms with Crippen LogP contribution in [0.2, 0.25) is 0 Å². The first kappa shape index (κ1) is 17.0. The number of benzene rings is 2. The van der Waals surface area contributed by atoms with Crippen molar-refractivity contribution in [2.24, 2.45) is 0 Å². The number of methoxy groups -OCH3 is 1. The molecule has 5 nitrogen and oxygen atoms in total. The van der Waals surface area contributed by atoms with E-state index in [-0.39, 0.29) is 34.5 Å². The van der Waals surface area contributed by atoms with Gasteiger partial charge in [0.25, 0.3) is 0 Å². The Morgan fingerprint density at radius 2 is 1.25 bits per heavy atom. The second-order valence-electron chi connectivity index (χ2n) is 3.70. The molecule has 0 heterocycles. The normalized spacial score (nSPS) is 10.5. The maximum atomic E-state index is 10.8. The van der Waals surface area contributed by atoms with Crippen molar-refractivity contribution in [1.82, 2.24) is 0 Å². The van der Waals surface area contributed by atoms with Crippen molar-refractivity contribution in [3.05, 3.63) is 48.5 Å². The molecule has 0 spiro atoms. The second kappa shape index (κ2) is 7.10. The molecule has 0 aliphatic carbocycles. The largest absolute Gasteiger partial charge is 1.00 e. The fraction of sp³-hybridized carbons (Fsp3) is 0.0769. The van der Waals surface area contributed by atoms with E-state index >= 15 is 0 Å². The minimum atomic E-state index is -4.42. The smallest absolute Gasteiger partial charge is 0.744 e. The van der Waals surface area contributed by atoms with Gasteiger partial charge in [-0.1, -0.05) is 0 Å². The molecule has 2 aromatic rings. The molecule has 0 fully saturated rings. The zero-order chi connectivity index (χ0) is 13.9. The first-order chi connectivity index (χ1) is 8.99. The quantitative estimate of drug-likeness (QED) is 0.556. The average molecular weight is 302 g/mol. The Kier molecular flexibility index (Phi) is 6.04. The zero-order valence-corrected chi connectivity index (χ0v) is 13.9. The summed E-state index contributed by atoms with van der Waals surface area (Å²) in [6.07, 6.45) is 0. The van der Waals surface area contributed by atoms with E-state index < -0.39 is 10.1 Å². The number of ether oxygens (including phenoxy) is 2. The van der Waals surface area contributed by atoms with Gasteiger partial charge >= 0.3 is 29.6 Å². The Balaban J connectivity index is 0.00000200. The van der Waals surface area contributed by atoms with Crippen molar-refractivity contribution >= 4 is 10.1 Å². The van der Waals surface area contributed by atoms with Gasteiger partial charge in [0.1, 0.15) is 27.4 Å². The Morgan fingerprint density at radius 3 is 1.65 bits per heavy atom. The molecule has 7 heteroatoms. The van der Waals surface area contributed by atoms with Gasteiger partial charge in [0.2, 0.25) is 0 Å². The van der Waals surface area contributed by atoms with Crippen molar-refractivity contribution in [2.75, 3.05) is 7.11 Å². The zero-order valence-electron chi connectivity index (χ0n) is 11.1. The van der Waals surface area contributed by atoms with Crippen LogP contribution < -0.4 is 39.0 Å². The SMILES string of the molecule is COc1ccc(Oc2ccc(S(=O)(=O)[O-])cc2)cc1.[Na+]. The molecule has 0 unspecified atom stereocenters. The van der Waals surface area contributed by atoms with Crippen LogP contribution in [0.1, 0.15) is 0 Å². The predicted molar refractivity (Wildman–Crippen MR) is 67.5 cm³/mol. The van der Waals surface area contributed by atoms with Gasteiger partial charge < -0.3 is 14.0 Å². The van der Waals surface area contributed by atoms with Gasteiger partial charge in [0.05, 0.1) is 12.0 Å². The van der Waals surface area contributed by atoms with Crippen molar-refractivity contribution in [3.8, 4) is 17.2 Å². The first-order valence-electron chi connectivity index (χ1n) is 5.37. The van der Waals surface area contributed by atoms with Gasteiger partial charge in [-0.25, -0.2) is 8.42 Å². The Morgan fingerprint density at radius 1 is 0.850 bits per heavy atom. The number of hydrogen-bond acceptors (Lipinski definition) is 5. The van der Waals surface area contributed by atoms with Crippen LogP contribution in [0.15, 0.2) is 53.4 Å². The van der Waals surface area contributed by atoms with Gasteiger partial charge in [-0.2, -0.15) is 0 Å². The Bertz CT molecular complexity index is 650. The monoisotopic (exact) mass is 302 g/mol. The Hall–Kier alpha value is -1.05. The van der Waals surface area contributed by atoms with E-state index in [4.69, 9.17) is 9.47 Å². The van der Waals surface area contributed by atoms with Crippen LogP contribution in [0.25, 0.3) is 0 Å². The molecule has 0 saturated carbocycles. The molecule has 0 aliphatic rings. The summed E-state index contributed by atoms with van der Waals surface area (Å²) in [5.41, 5.74) is 0. The fourth-order valence-corrected chi connectivity index (χ4v) is 1.92. The molecule has 0 bridgehead atoms. The third-order valence-corrected chi connectivity index (χ3v) is 3.26. The van der Waals surface area contributed by atoms with Gasteiger partial charge in [0, 0.05) is 0 Å². The van der Waals surface area contributed by atoms with Gasteiger partial charge in [-0.05, 0) is 48.5 Å². The van der Waals surface area contributed by atoms with E-state index in [1.54, 1.807) is 31.4 Å². The Labute approximate surface area is 139 Å². The fourth-order valence-electron chi connectivity index (χ4n) is 1.45. The molecule has 0 aromatic heterocycles. The average Bonchev–Trinajstić information content (AvgIpc) is 2.39. The maximum absolute atomic E-state index is 10.8. The molecule has 0 saturated heterocycles. The standard InChI is InChI=1S/C13H12O5S.Na/c1-17-10-2-4-11(5-3-10)18-12-6-8-13(9-7-12)19(14,15)16;/h2-9H,1H3,(H,14,15,16);/q;+1/p-1. The summed E-state index contributed by atoms with van der Waals surface area (Å²) in [7, 11) is -2.86. The molecule has 100 valence electrons. The number of rotatable bonds is 4. The molecular weight excluding hydrogens is 291 g/mol. The molecule has 20 heavy (non-hydrogen) atoms. The molecule has 0 radical (unpaired) electrons. The van der Waals surface area contributed by atoms with Crippen LogP contribution in [-0.2, 0) is 10.1 Å². The van der Waals surface area contributed by atoms with Crippen LogP contribution in [0.5, 0.6) is 17.2 Å². The summed E-state index contributed by atoms with van der Waals surface area (Å²) in [6, 6.07) is 12.2. The molecule has 0 atom stereocenters. The third kappa shape index (κ3) is 4.50. The van der Waals surface area contributed by atoms with Crippen molar-refractivity contribution in [1.29, 1.82) is 0 Å². The summed E-state index contributed by atoms with van der Waals surface area (Å²) in [5.74, 6) is 1.73. The molecule has 0 N–H and O–H groups in total. The number of hydrogen-bond donors (Lipinski definition) is 0. The summed E-state index contributed by atoms with van der Waals surface area (Å²) in [5, 5.41) is 0. The molecule has 0 aliphatic heterocycles. The van der Waals surface area contributed by atoms with Crippen molar-refractivity contribution in [3.63, 3.8) is 0 Å². The summed E-state index contributed by atoms with van der Waals surface area (Å²) >= 11 is 0. The van der Waals surface area contributed by atoms with E-state index in [2.05, 4.69) is 0 Å². The van der Waals surface area contributed by atoms with Crippen LogP contribution in [0.4, 0.5) is 0 Å². The van der Waals surface area contributed by atoms with E-state index in [1.807, 2.05) is 0 Å². The topological polar surface area (TPSA) is 75.7 Å². The van der Waals surface area contributed by atoms with Gasteiger partial charge in [0.15, 0.2) is 0 Å². The van der Waals surface area contributed by atoms with Gasteiger partial charge in [-0.3, -0.25) is 0 Å². The molecule has 2 rings (SSSR count). The summed E-state index contributed by atoms with van der Waals surface area (Å²) in [4.78, 5) is -0.283. The van der Waals surface area contributed by atoms with Crippen molar-refractivity contribution < 1.29 is 52.0 Å². The van der Waals surface area contributed by atoms with E-state index in [9.17, 15) is 13.0 Å². The van der Waals surface area contributed by atoms with Crippen LogP contribution in [0, 0.1) is 0 Å². The first-order valence-corrected chi connectivity index (χ1v) is 6.78. The molecule has 2 aromatic carbocycles. The van der Waals surface area contributed by atoms with E-state index in [0.717, 1.165) is 0 Å². The maximum Gasteiger partial charge on any atom is 1.00 e. The van der Waals surface area contributed by atoms with Crippen LogP contribution in [0.3, 0.4) is 0 Å². The van der Waals surface area contributed by atoms with Crippen LogP contribution >= 0.6 is 0 Å². The van der Waals surface area contributed by atoms with Crippen LogP contribution in [-0.4, -0.2) is 20.1 Å². The summed E-state index contributed by atoms with van der Waals surface area (Å²) in [6.45, 7) is 0. The predicted octanol–water partition coefficient (Wildman–Crippen LogP) is -0.604. The van der Waals surface area contributed by atoms with E-state index in [0.29, 0.717) is 17.2 Å². The van der Waals surface area contributed by atoms with Crippen molar-refractivity contribution in [2.45, 2.75) is 4.90 Å². The van der Waals surface area contributed by atoms with Gasteiger partial charge in [-0.15, -0.1) is 0 Å². The molecular formula is C13H11NaO5S. The van der Waals surface area contributed by atoms with E-state index in [1.165, 1.54) is 24.3 Å². The minimum Gasteiger partial charge on any atom is -0.744 e. The summed E-state index contributed by atoms with van der Waals surface area (Å²) < 4.78 is 42.8. The second-order valence-corrected chi connectivity index (χ2v) is 5.08. The molecule has 0 amide bonds. The minimum absolute atomic E-state index is 0.